The molecule has 2 nitrogen and oxygen atoms in total. The number of alkyl halides is 2. The van der Waals surface area contributed by atoms with Crippen LogP contribution in [-0.2, 0) is 0 Å². The van der Waals surface area contributed by atoms with Crippen molar-refractivity contribution in [1.29, 1.82) is 0 Å². The minimum absolute atomic E-state index is 0.0910. The summed E-state index contributed by atoms with van der Waals surface area (Å²) in [4.78, 5) is 13.1. The van der Waals surface area contributed by atoms with Crippen molar-refractivity contribution < 1.29 is 22.4 Å². The first kappa shape index (κ1) is 14.3. The fraction of sp³-hybridized carbons (Fsp3) is 0.417. The van der Waals surface area contributed by atoms with Crippen LogP contribution in [0.5, 0.6) is 0 Å². The van der Waals surface area contributed by atoms with Gasteiger partial charge in [0, 0.05) is 25.9 Å². The summed E-state index contributed by atoms with van der Waals surface area (Å²) in [5.41, 5.74) is -0.439. The molecule has 0 bridgehead atoms. The number of hydrogen-bond acceptors (Lipinski definition) is 1. The zero-order chi connectivity index (χ0) is 14.2. The van der Waals surface area contributed by atoms with Crippen LogP contribution < -0.4 is 0 Å². The van der Waals surface area contributed by atoms with E-state index in [2.05, 4.69) is 15.9 Å². The zero-order valence-electron chi connectivity index (χ0n) is 9.73. The molecule has 1 aliphatic heterocycles. The van der Waals surface area contributed by atoms with Crippen LogP contribution in [0.1, 0.15) is 23.2 Å². The second kappa shape index (κ2) is 5.11. The lowest BCUT2D eigenvalue weighted by Gasteiger charge is -2.31. The summed E-state index contributed by atoms with van der Waals surface area (Å²) in [6.07, 6.45) is -0.918. The molecule has 2 rings (SSSR count). The normalized spacial score (nSPS) is 18.5. The van der Waals surface area contributed by atoms with Gasteiger partial charge in [-0.2, -0.15) is 0 Å². The van der Waals surface area contributed by atoms with Gasteiger partial charge in [0.1, 0.15) is 11.6 Å². The molecule has 0 aliphatic carbocycles. The molecule has 104 valence electrons. The summed E-state index contributed by atoms with van der Waals surface area (Å²) in [7, 11) is 0. The first-order chi connectivity index (χ1) is 8.80. The largest absolute Gasteiger partial charge is 0.338 e. The van der Waals surface area contributed by atoms with Crippen LogP contribution in [0, 0.1) is 11.6 Å². The van der Waals surface area contributed by atoms with Crippen molar-refractivity contribution in [3.8, 4) is 0 Å². The molecular formula is C12H10BrF4NO. The third-order valence-electron chi connectivity index (χ3n) is 3.02. The number of hydrogen-bond donors (Lipinski definition) is 0. The van der Waals surface area contributed by atoms with Crippen molar-refractivity contribution in [2.75, 3.05) is 13.1 Å². The Labute approximate surface area is 115 Å². The van der Waals surface area contributed by atoms with Gasteiger partial charge in [0.15, 0.2) is 0 Å². The van der Waals surface area contributed by atoms with Crippen molar-refractivity contribution >= 4 is 21.8 Å². The number of amides is 1. The maximum atomic E-state index is 13.6. The van der Waals surface area contributed by atoms with Crippen molar-refractivity contribution in [2.45, 2.75) is 18.8 Å². The van der Waals surface area contributed by atoms with Crippen LogP contribution >= 0.6 is 15.9 Å². The third-order valence-corrected chi connectivity index (χ3v) is 3.63. The van der Waals surface area contributed by atoms with E-state index in [1.165, 1.54) is 0 Å². The average Bonchev–Trinajstić information content (AvgIpc) is 2.33. The fourth-order valence-corrected chi connectivity index (χ4v) is 2.21. The summed E-state index contributed by atoms with van der Waals surface area (Å²) >= 11 is 2.80. The Morgan fingerprint density at radius 2 is 1.74 bits per heavy atom. The van der Waals surface area contributed by atoms with Crippen molar-refractivity contribution in [2.24, 2.45) is 0 Å². The summed E-state index contributed by atoms with van der Waals surface area (Å²) in [6, 6.07) is 1.62. The molecule has 0 unspecified atom stereocenters. The van der Waals surface area contributed by atoms with Crippen LogP contribution in [0.3, 0.4) is 0 Å². The van der Waals surface area contributed by atoms with Gasteiger partial charge in [-0.15, -0.1) is 0 Å². The summed E-state index contributed by atoms with van der Waals surface area (Å²) < 4.78 is 52.7. The highest BCUT2D eigenvalue weighted by Gasteiger charge is 2.36. The number of piperidine rings is 1. The number of carbonyl (C=O) groups excluding carboxylic acids is 1. The van der Waals surface area contributed by atoms with Gasteiger partial charge < -0.3 is 4.90 Å². The summed E-state index contributed by atoms with van der Waals surface area (Å²) in [5.74, 6) is -5.21. The highest BCUT2D eigenvalue weighted by Crippen LogP contribution is 2.29. The Morgan fingerprint density at radius 3 is 2.32 bits per heavy atom. The maximum Gasteiger partial charge on any atom is 0.256 e. The van der Waals surface area contributed by atoms with Gasteiger partial charge in [-0.25, -0.2) is 17.6 Å². The molecule has 1 fully saturated rings. The molecule has 0 spiro atoms. The van der Waals surface area contributed by atoms with E-state index in [4.69, 9.17) is 0 Å². The Bertz CT molecular complexity index is 511. The topological polar surface area (TPSA) is 20.3 Å². The number of carbonyl (C=O) groups is 1. The lowest BCUT2D eigenvalue weighted by atomic mass is 10.1. The predicted octanol–water partition coefficient (Wildman–Crippen LogP) is 3.60. The first-order valence-corrected chi connectivity index (χ1v) is 6.41. The van der Waals surface area contributed by atoms with Crippen LogP contribution in [0.2, 0.25) is 0 Å². The van der Waals surface area contributed by atoms with Crippen LogP contribution in [-0.4, -0.2) is 29.8 Å². The van der Waals surface area contributed by atoms with Crippen molar-refractivity contribution in [3.63, 3.8) is 0 Å². The fourth-order valence-electron chi connectivity index (χ4n) is 1.89. The second-order valence-corrected chi connectivity index (χ2v) is 5.25. The molecule has 1 amide bonds. The molecule has 0 radical (unpaired) electrons. The smallest absolute Gasteiger partial charge is 0.256 e. The van der Waals surface area contributed by atoms with Gasteiger partial charge in [-0.3, -0.25) is 4.79 Å². The quantitative estimate of drug-likeness (QED) is 0.565. The standard InChI is InChI=1S/C12H10BrF4NO/c13-8-6-9(14)7(5-10(8)15)11(19)18-3-1-12(16,17)2-4-18/h5-6H,1-4H2. The van der Waals surface area contributed by atoms with E-state index < -0.39 is 41.9 Å². The van der Waals surface area contributed by atoms with E-state index >= 15 is 0 Å². The van der Waals surface area contributed by atoms with E-state index in [1.54, 1.807) is 0 Å². The van der Waals surface area contributed by atoms with E-state index in [1.807, 2.05) is 0 Å². The van der Waals surface area contributed by atoms with Gasteiger partial charge in [-0.1, -0.05) is 0 Å². The summed E-state index contributed by atoms with van der Waals surface area (Å²) in [5, 5.41) is 0. The highest BCUT2D eigenvalue weighted by molar-refractivity contribution is 9.10. The Kier molecular flexibility index (Phi) is 3.85. The monoisotopic (exact) mass is 339 g/mol. The van der Waals surface area contributed by atoms with E-state index in [9.17, 15) is 22.4 Å². The van der Waals surface area contributed by atoms with Gasteiger partial charge in [0.05, 0.1) is 10.0 Å². The lowest BCUT2D eigenvalue weighted by molar-refractivity contribution is -0.0494. The SMILES string of the molecule is O=C(c1cc(F)c(Br)cc1F)N1CCC(F)(F)CC1. The van der Waals surface area contributed by atoms with Crippen LogP contribution in [0.25, 0.3) is 0 Å². The highest BCUT2D eigenvalue weighted by atomic mass is 79.9. The lowest BCUT2D eigenvalue weighted by Crippen LogP contribution is -2.43. The van der Waals surface area contributed by atoms with E-state index in [0.717, 1.165) is 17.0 Å². The van der Waals surface area contributed by atoms with E-state index in [-0.39, 0.29) is 17.6 Å². The number of nitrogens with zero attached hydrogens (tertiary/aromatic N) is 1. The molecular weight excluding hydrogens is 330 g/mol. The molecule has 0 atom stereocenters. The molecule has 1 aromatic rings. The zero-order valence-corrected chi connectivity index (χ0v) is 11.3. The van der Waals surface area contributed by atoms with Gasteiger partial charge in [0.25, 0.3) is 11.8 Å². The first-order valence-electron chi connectivity index (χ1n) is 5.62. The number of benzene rings is 1. The minimum Gasteiger partial charge on any atom is -0.338 e. The molecule has 7 heteroatoms. The van der Waals surface area contributed by atoms with E-state index in [0.29, 0.717) is 0 Å². The van der Waals surface area contributed by atoms with Gasteiger partial charge in [0.2, 0.25) is 0 Å². The van der Waals surface area contributed by atoms with Crippen LogP contribution in [0.15, 0.2) is 16.6 Å². The molecule has 0 aromatic heterocycles. The second-order valence-electron chi connectivity index (χ2n) is 4.39. The molecule has 1 heterocycles. The summed E-state index contributed by atoms with van der Waals surface area (Å²) in [6.45, 7) is -0.327. The molecule has 0 saturated carbocycles. The number of likely N-dealkylation sites (tertiary alicyclic amines) is 1. The molecule has 19 heavy (non-hydrogen) atoms. The Morgan fingerprint density at radius 1 is 1.16 bits per heavy atom. The Balaban J connectivity index is 2.19. The van der Waals surface area contributed by atoms with Gasteiger partial charge in [-0.05, 0) is 28.1 Å². The maximum absolute atomic E-state index is 13.6. The average molecular weight is 340 g/mol. The predicted molar refractivity (Wildman–Crippen MR) is 64.1 cm³/mol. The molecule has 1 saturated heterocycles. The molecule has 1 aliphatic rings. The van der Waals surface area contributed by atoms with Crippen molar-refractivity contribution in [1.82, 2.24) is 4.90 Å². The number of halogens is 5. The Hall–Kier alpha value is -1.11. The molecule has 1 aromatic carbocycles. The van der Waals surface area contributed by atoms with Crippen LogP contribution in [0.4, 0.5) is 17.6 Å². The van der Waals surface area contributed by atoms with Crippen molar-refractivity contribution in [3.05, 3.63) is 33.8 Å². The number of rotatable bonds is 1. The molecule has 0 N–H and O–H groups in total. The minimum atomic E-state index is -2.79. The van der Waals surface area contributed by atoms with Gasteiger partial charge >= 0.3 is 0 Å². The third kappa shape index (κ3) is 3.08.